The summed E-state index contributed by atoms with van der Waals surface area (Å²) < 4.78 is 14.7. The van der Waals surface area contributed by atoms with Crippen molar-refractivity contribution in [2.24, 2.45) is 5.92 Å². The van der Waals surface area contributed by atoms with Crippen LogP contribution in [0.25, 0.3) is 0 Å². The summed E-state index contributed by atoms with van der Waals surface area (Å²) in [5.41, 5.74) is 3.40. The molecule has 0 heterocycles. The van der Waals surface area contributed by atoms with Gasteiger partial charge in [0.15, 0.2) is 0 Å². The second-order valence-corrected chi connectivity index (χ2v) is 7.39. The number of rotatable bonds is 12. The Morgan fingerprint density at radius 1 is 1.12 bits per heavy atom. The number of halogens is 1. The molecule has 0 fully saturated rings. The first-order valence-corrected chi connectivity index (χ1v) is 9.90. The van der Waals surface area contributed by atoms with Gasteiger partial charge in [-0.25, -0.2) is 4.39 Å². The maximum absolute atomic E-state index is 14.7. The molecule has 0 saturated heterocycles. The largest absolute Gasteiger partial charge is 0.298 e. The monoisotopic (exact) mass is 346 g/mol. The molecule has 0 bridgehead atoms. The third-order valence-electron chi connectivity index (χ3n) is 5.24. The van der Waals surface area contributed by atoms with Crippen LogP contribution in [0.3, 0.4) is 0 Å². The fraction of sp³-hybridized carbons (Fsp3) is 0.609. The highest BCUT2D eigenvalue weighted by atomic mass is 19.1. The van der Waals surface area contributed by atoms with Crippen LogP contribution in [0.5, 0.6) is 0 Å². The van der Waals surface area contributed by atoms with Crippen LogP contribution < -0.4 is 0 Å². The maximum atomic E-state index is 14.7. The van der Waals surface area contributed by atoms with E-state index in [1.807, 2.05) is 6.07 Å². The number of carbonyl (C=O) groups excluding carboxylic acids is 1. The molecule has 0 N–H and O–H groups in total. The number of benzene rings is 1. The van der Waals surface area contributed by atoms with E-state index < -0.39 is 0 Å². The lowest BCUT2D eigenvalue weighted by Crippen LogP contribution is -2.06. The first-order chi connectivity index (χ1) is 12.0. The van der Waals surface area contributed by atoms with Crippen LogP contribution in [0.15, 0.2) is 24.3 Å². The van der Waals surface area contributed by atoms with Gasteiger partial charge in [0.05, 0.1) is 0 Å². The Balaban J connectivity index is 2.96. The highest BCUT2D eigenvalue weighted by molar-refractivity contribution is 5.73. The zero-order valence-electron chi connectivity index (χ0n) is 16.5. The molecule has 0 aromatic heterocycles. The van der Waals surface area contributed by atoms with Crippen molar-refractivity contribution in [1.29, 1.82) is 0 Å². The van der Waals surface area contributed by atoms with Crippen molar-refractivity contribution in [2.75, 3.05) is 0 Å². The Morgan fingerprint density at radius 3 is 2.40 bits per heavy atom. The molecule has 0 amide bonds. The summed E-state index contributed by atoms with van der Waals surface area (Å²) in [6, 6.07) is 3.67. The van der Waals surface area contributed by atoms with E-state index in [0.717, 1.165) is 54.6 Å². The average Bonchev–Trinajstić information content (AvgIpc) is 2.60. The Kier molecular flexibility index (Phi) is 9.70. The van der Waals surface area contributed by atoms with Gasteiger partial charge >= 0.3 is 0 Å². The molecule has 0 spiro atoms. The predicted octanol–water partition coefficient (Wildman–Crippen LogP) is 6.79. The molecule has 2 atom stereocenters. The molecule has 1 rings (SSSR count). The highest BCUT2D eigenvalue weighted by Crippen LogP contribution is 2.30. The molecule has 1 aromatic carbocycles. The smallest absolute Gasteiger partial charge is 0.145 e. The van der Waals surface area contributed by atoms with Crippen LogP contribution in [-0.2, 0) is 17.6 Å². The Hall–Kier alpha value is -1.44. The van der Waals surface area contributed by atoms with Crippen molar-refractivity contribution < 1.29 is 9.18 Å². The molecule has 0 aliphatic carbocycles. The molecule has 0 saturated carbocycles. The molecule has 1 nitrogen and oxygen atoms in total. The Bertz CT molecular complexity index is 561. The number of allylic oxidation sites excluding steroid dienone is 1. The maximum Gasteiger partial charge on any atom is 0.145 e. The van der Waals surface area contributed by atoms with Crippen LogP contribution in [-0.4, -0.2) is 6.29 Å². The predicted molar refractivity (Wildman–Crippen MR) is 106 cm³/mol. The third-order valence-corrected chi connectivity index (χ3v) is 5.24. The van der Waals surface area contributed by atoms with Gasteiger partial charge in [-0.05, 0) is 59.4 Å². The summed E-state index contributed by atoms with van der Waals surface area (Å²) in [7, 11) is 0. The van der Waals surface area contributed by atoms with Crippen LogP contribution in [0, 0.1) is 11.7 Å². The lowest BCUT2D eigenvalue weighted by molar-refractivity contribution is -0.104. The number of carbonyl (C=O) groups is 1. The van der Waals surface area contributed by atoms with E-state index in [9.17, 15) is 9.18 Å². The van der Waals surface area contributed by atoms with E-state index in [-0.39, 0.29) is 11.7 Å². The summed E-state index contributed by atoms with van der Waals surface area (Å²) in [4.78, 5) is 10.9. The molecule has 2 heteroatoms. The van der Waals surface area contributed by atoms with Gasteiger partial charge in [-0.2, -0.15) is 0 Å². The van der Waals surface area contributed by atoms with Gasteiger partial charge in [-0.15, -0.1) is 0 Å². The fourth-order valence-electron chi connectivity index (χ4n) is 3.61. The number of hydrogen-bond acceptors (Lipinski definition) is 1. The van der Waals surface area contributed by atoms with Crippen molar-refractivity contribution in [3.63, 3.8) is 0 Å². The first-order valence-electron chi connectivity index (χ1n) is 9.90. The summed E-state index contributed by atoms with van der Waals surface area (Å²) >= 11 is 0. The van der Waals surface area contributed by atoms with E-state index in [0.29, 0.717) is 12.0 Å². The summed E-state index contributed by atoms with van der Waals surface area (Å²) in [5.74, 6) is 0.843. The topological polar surface area (TPSA) is 17.1 Å². The fourth-order valence-corrected chi connectivity index (χ4v) is 3.61. The summed E-state index contributed by atoms with van der Waals surface area (Å²) in [6.45, 7) is 12.5. The molecule has 2 unspecified atom stereocenters. The first kappa shape index (κ1) is 21.6. The minimum absolute atomic E-state index is 0.135. The van der Waals surface area contributed by atoms with E-state index >= 15 is 0 Å². The average molecular weight is 347 g/mol. The molecule has 25 heavy (non-hydrogen) atoms. The van der Waals surface area contributed by atoms with Crippen molar-refractivity contribution >= 4 is 6.29 Å². The van der Waals surface area contributed by atoms with Crippen LogP contribution in [0.2, 0.25) is 0 Å². The quantitative estimate of drug-likeness (QED) is 0.301. The van der Waals surface area contributed by atoms with Crippen molar-refractivity contribution in [3.05, 3.63) is 46.8 Å². The number of hydrogen-bond donors (Lipinski definition) is 0. The zero-order valence-corrected chi connectivity index (χ0v) is 16.5. The summed E-state index contributed by atoms with van der Waals surface area (Å²) in [6.07, 6.45) is 9.01. The highest BCUT2D eigenvalue weighted by Gasteiger charge is 2.17. The van der Waals surface area contributed by atoms with Crippen molar-refractivity contribution in [3.8, 4) is 0 Å². The van der Waals surface area contributed by atoms with E-state index in [1.165, 1.54) is 19.3 Å². The SMILES string of the molecule is C=C(C=O)Cc1cc(F)c(C(C)CCC(CC)CCC)cc1CCC. The number of aryl methyl sites for hydroxylation is 1. The van der Waals surface area contributed by atoms with Gasteiger partial charge in [-0.1, -0.05) is 66.0 Å². The van der Waals surface area contributed by atoms with Crippen LogP contribution >= 0.6 is 0 Å². The minimum Gasteiger partial charge on any atom is -0.298 e. The zero-order chi connectivity index (χ0) is 18.8. The Morgan fingerprint density at radius 2 is 1.84 bits per heavy atom. The van der Waals surface area contributed by atoms with Crippen LogP contribution in [0.4, 0.5) is 4.39 Å². The van der Waals surface area contributed by atoms with Crippen LogP contribution in [0.1, 0.15) is 88.8 Å². The molecule has 0 aliphatic rings. The van der Waals surface area contributed by atoms with E-state index in [2.05, 4.69) is 34.3 Å². The molecule has 1 aromatic rings. The lowest BCUT2D eigenvalue weighted by Gasteiger charge is -2.20. The lowest BCUT2D eigenvalue weighted by atomic mass is 9.86. The van der Waals surface area contributed by atoms with Gasteiger partial charge in [0, 0.05) is 6.42 Å². The van der Waals surface area contributed by atoms with Crippen molar-refractivity contribution in [1.82, 2.24) is 0 Å². The van der Waals surface area contributed by atoms with Gasteiger partial charge in [0.25, 0.3) is 0 Å². The second kappa shape index (κ2) is 11.2. The van der Waals surface area contributed by atoms with Gasteiger partial charge in [0.2, 0.25) is 0 Å². The third kappa shape index (κ3) is 6.76. The Labute approximate surface area is 153 Å². The van der Waals surface area contributed by atoms with Gasteiger partial charge < -0.3 is 0 Å². The molecule has 0 radical (unpaired) electrons. The number of aldehydes is 1. The molecule has 0 aliphatic heterocycles. The van der Waals surface area contributed by atoms with Crippen molar-refractivity contribution in [2.45, 2.75) is 85.0 Å². The molecular weight excluding hydrogens is 311 g/mol. The minimum atomic E-state index is -0.135. The summed E-state index contributed by atoms with van der Waals surface area (Å²) in [5, 5.41) is 0. The van der Waals surface area contributed by atoms with E-state index in [4.69, 9.17) is 0 Å². The standard InChI is InChI=1S/C23H35FO/c1-6-9-19(8-3)12-11-18(5)22-14-20(10-7-2)21(15-23(22)24)13-17(4)16-25/h14-16,18-19H,4,6-13H2,1-3,5H3. The van der Waals surface area contributed by atoms with Gasteiger partial charge in [-0.3, -0.25) is 4.79 Å². The molecular formula is C23H35FO. The second-order valence-electron chi connectivity index (χ2n) is 7.39. The molecule has 140 valence electrons. The normalized spacial score (nSPS) is 13.5. The van der Waals surface area contributed by atoms with Gasteiger partial charge in [0.1, 0.15) is 12.1 Å². The van der Waals surface area contributed by atoms with E-state index in [1.54, 1.807) is 6.07 Å².